The SMILES string of the molecule is [O]C1CCN(CC(F)(F)F)CC1. The van der Waals surface area contributed by atoms with Crippen molar-refractivity contribution in [3.8, 4) is 0 Å². The fraction of sp³-hybridized carbons (Fsp3) is 1.00. The molecule has 0 unspecified atom stereocenters. The van der Waals surface area contributed by atoms with E-state index in [4.69, 9.17) is 0 Å². The van der Waals surface area contributed by atoms with Crippen molar-refractivity contribution in [3.63, 3.8) is 0 Å². The summed E-state index contributed by atoms with van der Waals surface area (Å²) in [6.07, 6.45) is -4.10. The Kier molecular flexibility index (Phi) is 2.95. The molecule has 1 fully saturated rings. The lowest BCUT2D eigenvalue weighted by Gasteiger charge is -2.28. The van der Waals surface area contributed by atoms with Gasteiger partial charge >= 0.3 is 6.18 Å². The zero-order chi connectivity index (χ0) is 9.19. The minimum absolute atomic E-state index is 0.285. The third-order valence-corrected chi connectivity index (χ3v) is 1.94. The zero-order valence-corrected chi connectivity index (χ0v) is 6.60. The van der Waals surface area contributed by atoms with Crippen LogP contribution in [-0.4, -0.2) is 36.8 Å². The van der Waals surface area contributed by atoms with Crippen LogP contribution in [0.1, 0.15) is 12.8 Å². The fourth-order valence-corrected chi connectivity index (χ4v) is 1.32. The first kappa shape index (κ1) is 9.80. The third-order valence-electron chi connectivity index (χ3n) is 1.94. The molecule has 5 heteroatoms. The topological polar surface area (TPSA) is 23.1 Å². The van der Waals surface area contributed by atoms with E-state index in [2.05, 4.69) is 0 Å². The van der Waals surface area contributed by atoms with Crippen molar-refractivity contribution in [2.45, 2.75) is 25.1 Å². The van der Waals surface area contributed by atoms with Crippen molar-refractivity contribution in [2.75, 3.05) is 19.6 Å². The first-order valence-electron chi connectivity index (χ1n) is 3.92. The van der Waals surface area contributed by atoms with E-state index < -0.39 is 18.8 Å². The maximum atomic E-state index is 11.8. The molecule has 12 heavy (non-hydrogen) atoms. The summed E-state index contributed by atoms with van der Waals surface area (Å²) in [6.45, 7) is -0.304. The predicted molar refractivity (Wildman–Crippen MR) is 36.2 cm³/mol. The molecular weight excluding hydrogens is 171 g/mol. The smallest absolute Gasteiger partial charge is 0.295 e. The van der Waals surface area contributed by atoms with Crippen LogP contribution < -0.4 is 0 Å². The van der Waals surface area contributed by atoms with Crippen LogP contribution in [0.3, 0.4) is 0 Å². The van der Waals surface area contributed by atoms with Gasteiger partial charge in [0.1, 0.15) is 0 Å². The van der Waals surface area contributed by atoms with E-state index >= 15 is 0 Å². The van der Waals surface area contributed by atoms with E-state index in [1.165, 1.54) is 4.90 Å². The lowest BCUT2D eigenvalue weighted by atomic mass is 10.1. The number of likely N-dealkylation sites (tertiary alicyclic amines) is 1. The number of alkyl halides is 3. The molecule has 1 radical (unpaired) electrons. The summed E-state index contributed by atoms with van der Waals surface area (Å²) >= 11 is 0. The maximum Gasteiger partial charge on any atom is 0.401 e. The molecule has 1 heterocycles. The minimum atomic E-state index is -4.13. The van der Waals surface area contributed by atoms with Crippen LogP contribution in [0, 0.1) is 0 Å². The maximum absolute atomic E-state index is 11.8. The molecule has 1 saturated heterocycles. The van der Waals surface area contributed by atoms with Gasteiger partial charge in [-0.2, -0.15) is 13.2 Å². The Morgan fingerprint density at radius 2 is 1.75 bits per heavy atom. The molecule has 71 valence electrons. The van der Waals surface area contributed by atoms with Gasteiger partial charge in [-0.25, -0.2) is 5.11 Å². The number of rotatable bonds is 1. The Balaban J connectivity index is 2.26. The molecule has 0 saturated carbocycles. The first-order valence-corrected chi connectivity index (χ1v) is 3.92. The van der Waals surface area contributed by atoms with Crippen molar-refractivity contribution in [2.24, 2.45) is 0 Å². The standard InChI is InChI=1S/C7H11F3NO/c8-7(9,10)5-11-3-1-6(12)2-4-11/h6H,1-5H2. The Bertz CT molecular complexity index is 140. The van der Waals surface area contributed by atoms with Gasteiger partial charge in [-0.3, -0.25) is 4.90 Å². The highest BCUT2D eigenvalue weighted by Crippen LogP contribution is 2.19. The van der Waals surface area contributed by atoms with Crippen LogP contribution in [0.15, 0.2) is 0 Å². The molecule has 0 aliphatic carbocycles. The normalized spacial score (nSPS) is 23.0. The third kappa shape index (κ3) is 3.40. The molecule has 1 rings (SSSR count). The van der Waals surface area contributed by atoms with E-state index in [1.54, 1.807) is 0 Å². The van der Waals surface area contributed by atoms with Gasteiger partial charge in [0.05, 0.1) is 12.6 Å². The van der Waals surface area contributed by atoms with Gasteiger partial charge in [-0.05, 0) is 12.8 Å². The van der Waals surface area contributed by atoms with Crippen LogP contribution in [0.4, 0.5) is 13.2 Å². The Labute approximate surface area is 69.0 Å². The molecule has 0 N–H and O–H groups in total. The van der Waals surface area contributed by atoms with E-state index in [-0.39, 0.29) is 13.1 Å². The second-order valence-electron chi connectivity index (χ2n) is 3.09. The largest absolute Gasteiger partial charge is 0.401 e. The second kappa shape index (κ2) is 3.62. The van der Waals surface area contributed by atoms with Crippen molar-refractivity contribution >= 4 is 0 Å². The van der Waals surface area contributed by atoms with E-state index in [0.717, 1.165) is 0 Å². The molecule has 0 aromatic carbocycles. The molecule has 0 bridgehead atoms. The van der Waals surface area contributed by atoms with Crippen molar-refractivity contribution in [1.82, 2.24) is 4.90 Å². The molecule has 2 nitrogen and oxygen atoms in total. The summed E-state index contributed by atoms with van der Waals surface area (Å²) in [5.74, 6) is 0. The molecule has 0 amide bonds. The summed E-state index contributed by atoms with van der Waals surface area (Å²) in [5, 5.41) is 10.7. The van der Waals surface area contributed by atoms with Crippen molar-refractivity contribution < 1.29 is 18.3 Å². The molecule has 0 atom stereocenters. The number of piperidine rings is 1. The molecule has 0 spiro atoms. The van der Waals surface area contributed by atoms with E-state index in [0.29, 0.717) is 12.8 Å². The van der Waals surface area contributed by atoms with Gasteiger partial charge in [-0.15, -0.1) is 0 Å². The number of nitrogens with zero attached hydrogens (tertiary/aromatic N) is 1. The summed E-state index contributed by atoms with van der Waals surface area (Å²) < 4.78 is 35.5. The van der Waals surface area contributed by atoms with E-state index in [1.807, 2.05) is 0 Å². The Hall–Kier alpha value is -0.290. The average Bonchev–Trinajstić information content (AvgIpc) is 1.91. The second-order valence-corrected chi connectivity index (χ2v) is 3.09. The molecule has 0 aromatic rings. The van der Waals surface area contributed by atoms with Crippen molar-refractivity contribution in [1.29, 1.82) is 0 Å². The quantitative estimate of drug-likeness (QED) is 0.601. The Morgan fingerprint density at radius 3 is 2.17 bits per heavy atom. The van der Waals surface area contributed by atoms with Gasteiger partial charge in [0.2, 0.25) is 0 Å². The van der Waals surface area contributed by atoms with Crippen LogP contribution in [-0.2, 0) is 5.11 Å². The van der Waals surface area contributed by atoms with E-state index in [9.17, 15) is 18.3 Å². The number of halogens is 3. The van der Waals surface area contributed by atoms with Crippen LogP contribution in [0.5, 0.6) is 0 Å². The minimum Gasteiger partial charge on any atom is -0.295 e. The molecule has 1 aliphatic heterocycles. The number of hydrogen-bond donors (Lipinski definition) is 0. The van der Waals surface area contributed by atoms with Gasteiger partial charge < -0.3 is 0 Å². The van der Waals surface area contributed by atoms with Gasteiger partial charge in [0.25, 0.3) is 0 Å². The van der Waals surface area contributed by atoms with Crippen LogP contribution in [0.25, 0.3) is 0 Å². The predicted octanol–water partition coefficient (Wildman–Crippen LogP) is 1.44. The highest BCUT2D eigenvalue weighted by Gasteiger charge is 2.32. The summed E-state index contributed by atoms with van der Waals surface area (Å²) in [6, 6.07) is 0. The van der Waals surface area contributed by atoms with Gasteiger partial charge in [-0.1, -0.05) is 0 Å². The lowest BCUT2D eigenvalue weighted by molar-refractivity contribution is -0.151. The lowest BCUT2D eigenvalue weighted by Crippen LogP contribution is -2.41. The first-order chi connectivity index (χ1) is 5.47. The monoisotopic (exact) mass is 182 g/mol. The highest BCUT2D eigenvalue weighted by atomic mass is 19.4. The average molecular weight is 182 g/mol. The van der Waals surface area contributed by atoms with Gasteiger partial charge in [0, 0.05) is 13.1 Å². The van der Waals surface area contributed by atoms with Crippen molar-refractivity contribution in [3.05, 3.63) is 0 Å². The van der Waals surface area contributed by atoms with Crippen LogP contribution >= 0.6 is 0 Å². The summed E-state index contributed by atoms with van der Waals surface area (Å²) in [7, 11) is 0. The molecule has 1 aliphatic rings. The molecule has 0 aromatic heterocycles. The fourth-order valence-electron chi connectivity index (χ4n) is 1.32. The summed E-state index contributed by atoms with van der Waals surface area (Å²) in [5.41, 5.74) is 0. The number of hydrogen-bond acceptors (Lipinski definition) is 1. The zero-order valence-electron chi connectivity index (χ0n) is 6.60. The molecular formula is C7H11F3NO. The van der Waals surface area contributed by atoms with Gasteiger partial charge in [0.15, 0.2) is 0 Å². The highest BCUT2D eigenvalue weighted by molar-refractivity contribution is 4.72. The summed E-state index contributed by atoms with van der Waals surface area (Å²) in [4.78, 5) is 1.29. The van der Waals surface area contributed by atoms with Crippen LogP contribution in [0.2, 0.25) is 0 Å². The Morgan fingerprint density at radius 1 is 1.25 bits per heavy atom.